The number of ether oxygens (including phenoxy) is 1. The molecule has 1 saturated heterocycles. The van der Waals surface area contributed by atoms with E-state index in [4.69, 9.17) is 4.74 Å². The number of rotatable bonds is 3. The molecule has 1 atom stereocenters. The molecule has 0 N–H and O–H groups in total. The van der Waals surface area contributed by atoms with Gasteiger partial charge in [0.25, 0.3) is 0 Å². The Balaban J connectivity index is 1.70. The molecule has 76 valence electrons. The van der Waals surface area contributed by atoms with Crippen LogP contribution in [0, 0.1) is 5.92 Å². The van der Waals surface area contributed by atoms with Gasteiger partial charge < -0.3 is 9.64 Å². The van der Waals surface area contributed by atoms with E-state index in [1.165, 1.54) is 51.7 Å². The second-order valence-corrected chi connectivity index (χ2v) is 4.56. The molecule has 0 spiro atoms. The molecule has 1 saturated carbocycles. The van der Waals surface area contributed by atoms with Crippen molar-refractivity contribution in [1.29, 1.82) is 0 Å². The zero-order chi connectivity index (χ0) is 9.10. The summed E-state index contributed by atoms with van der Waals surface area (Å²) >= 11 is 0. The van der Waals surface area contributed by atoms with Crippen molar-refractivity contribution in [3.05, 3.63) is 0 Å². The Labute approximate surface area is 81.3 Å². The molecule has 0 unspecified atom stereocenters. The first-order valence-corrected chi connectivity index (χ1v) is 5.63. The van der Waals surface area contributed by atoms with E-state index >= 15 is 0 Å². The predicted octanol–water partition coefficient (Wildman–Crippen LogP) is 1.90. The molecule has 2 fully saturated rings. The molecule has 1 aliphatic heterocycles. The number of nitrogens with zero attached hydrogens (tertiary/aromatic N) is 1. The van der Waals surface area contributed by atoms with Crippen molar-refractivity contribution in [2.24, 2.45) is 5.92 Å². The first kappa shape index (κ1) is 9.47. The van der Waals surface area contributed by atoms with Gasteiger partial charge in [0.1, 0.15) is 0 Å². The molecule has 0 radical (unpaired) electrons. The van der Waals surface area contributed by atoms with E-state index in [1.807, 2.05) is 7.11 Å². The number of hydrogen-bond acceptors (Lipinski definition) is 2. The average molecular weight is 183 g/mol. The fourth-order valence-corrected chi connectivity index (χ4v) is 2.71. The average Bonchev–Trinajstić information content (AvgIpc) is 2.76. The van der Waals surface area contributed by atoms with Gasteiger partial charge in [0.15, 0.2) is 0 Å². The molecular weight excluding hydrogens is 162 g/mol. The van der Waals surface area contributed by atoms with Crippen LogP contribution in [0.2, 0.25) is 0 Å². The Morgan fingerprint density at radius 3 is 2.62 bits per heavy atom. The van der Waals surface area contributed by atoms with Gasteiger partial charge in [0, 0.05) is 26.7 Å². The van der Waals surface area contributed by atoms with E-state index in [-0.39, 0.29) is 0 Å². The lowest BCUT2D eigenvalue weighted by molar-refractivity contribution is 0.106. The van der Waals surface area contributed by atoms with E-state index < -0.39 is 0 Å². The minimum atomic E-state index is 0.515. The summed E-state index contributed by atoms with van der Waals surface area (Å²) in [4.78, 5) is 2.59. The van der Waals surface area contributed by atoms with E-state index in [1.54, 1.807) is 0 Å². The van der Waals surface area contributed by atoms with Gasteiger partial charge in [-0.05, 0) is 25.2 Å². The maximum absolute atomic E-state index is 5.36. The molecule has 0 aromatic heterocycles. The van der Waals surface area contributed by atoms with Crippen LogP contribution in [-0.2, 0) is 4.74 Å². The maximum Gasteiger partial charge on any atom is 0.0710 e. The van der Waals surface area contributed by atoms with E-state index in [2.05, 4.69) is 4.90 Å². The van der Waals surface area contributed by atoms with Gasteiger partial charge in [-0.25, -0.2) is 0 Å². The van der Waals surface area contributed by atoms with E-state index in [0.717, 1.165) is 5.92 Å². The van der Waals surface area contributed by atoms with Crippen LogP contribution in [0.3, 0.4) is 0 Å². The molecular formula is C11H21NO. The topological polar surface area (TPSA) is 12.5 Å². The number of hydrogen-bond donors (Lipinski definition) is 0. The van der Waals surface area contributed by atoms with E-state index in [0.29, 0.717) is 6.10 Å². The van der Waals surface area contributed by atoms with Gasteiger partial charge in [-0.2, -0.15) is 0 Å². The first-order chi connectivity index (χ1) is 6.38. The van der Waals surface area contributed by atoms with Crippen LogP contribution in [-0.4, -0.2) is 37.7 Å². The van der Waals surface area contributed by atoms with Crippen LogP contribution in [0.1, 0.15) is 32.1 Å². The Hall–Kier alpha value is -0.0800. The largest absolute Gasteiger partial charge is 0.380 e. The minimum absolute atomic E-state index is 0.515. The van der Waals surface area contributed by atoms with Crippen LogP contribution in [0.4, 0.5) is 0 Å². The number of likely N-dealkylation sites (tertiary alicyclic amines) is 1. The van der Waals surface area contributed by atoms with Crippen molar-refractivity contribution >= 4 is 0 Å². The molecule has 13 heavy (non-hydrogen) atoms. The monoisotopic (exact) mass is 183 g/mol. The summed E-state index contributed by atoms with van der Waals surface area (Å²) in [7, 11) is 1.84. The second-order valence-electron chi connectivity index (χ2n) is 4.56. The van der Waals surface area contributed by atoms with Gasteiger partial charge in [-0.3, -0.25) is 0 Å². The third-order valence-electron chi connectivity index (χ3n) is 3.55. The molecule has 2 rings (SSSR count). The summed E-state index contributed by atoms with van der Waals surface area (Å²) in [5.74, 6) is 0.996. The molecule has 1 heterocycles. The molecule has 0 aromatic carbocycles. The lowest BCUT2D eigenvalue weighted by Gasteiger charge is -2.19. The summed E-state index contributed by atoms with van der Waals surface area (Å²) in [5.41, 5.74) is 0. The Kier molecular flexibility index (Phi) is 3.23. The van der Waals surface area contributed by atoms with Crippen LogP contribution < -0.4 is 0 Å². The van der Waals surface area contributed by atoms with Crippen molar-refractivity contribution in [3.8, 4) is 0 Å². The van der Waals surface area contributed by atoms with Gasteiger partial charge in [-0.15, -0.1) is 0 Å². The van der Waals surface area contributed by atoms with Gasteiger partial charge in [-0.1, -0.05) is 12.8 Å². The smallest absolute Gasteiger partial charge is 0.0710 e. The predicted molar refractivity (Wildman–Crippen MR) is 53.8 cm³/mol. The highest BCUT2D eigenvalue weighted by Gasteiger charge is 2.25. The van der Waals surface area contributed by atoms with Crippen LogP contribution >= 0.6 is 0 Å². The molecule has 0 aromatic rings. The summed E-state index contributed by atoms with van der Waals surface area (Å²) in [5, 5.41) is 0. The maximum atomic E-state index is 5.36. The van der Waals surface area contributed by atoms with Gasteiger partial charge in [0.2, 0.25) is 0 Å². The third kappa shape index (κ3) is 2.44. The molecule has 2 heteroatoms. The van der Waals surface area contributed by atoms with Crippen molar-refractivity contribution in [3.63, 3.8) is 0 Å². The van der Waals surface area contributed by atoms with E-state index in [9.17, 15) is 0 Å². The zero-order valence-corrected chi connectivity index (χ0v) is 8.67. The standard InChI is InChI=1S/C11H21NO/c1-13-11-6-7-12(9-11)8-10-4-2-3-5-10/h10-11H,2-9H2,1H3/t11-/m1/s1. The van der Waals surface area contributed by atoms with Crippen molar-refractivity contribution in [2.45, 2.75) is 38.2 Å². The SMILES string of the molecule is CO[C@@H]1CCN(CC2CCCC2)C1. The summed E-state index contributed by atoms with van der Waals surface area (Å²) in [6, 6.07) is 0. The molecule has 0 bridgehead atoms. The zero-order valence-electron chi connectivity index (χ0n) is 8.67. The van der Waals surface area contributed by atoms with Crippen LogP contribution in [0.5, 0.6) is 0 Å². The molecule has 2 nitrogen and oxygen atoms in total. The first-order valence-electron chi connectivity index (χ1n) is 5.63. The van der Waals surface area contributed by atoms with Crippen molar-refractivity contribution in [1.82, 2.24) is 4.90 Å². The highest BCUT2D eigenvalue weighted by Crippen LogP contribution is 2.26. The van der Waals surface area contributed by atoms with Gasteiger partial charge >= 0.3 is 0 Å². The molecule has 2 aliphatic rings. The molecule has 1 aliphatic carbocycles. The Morgan fingerprint density at radius 1 is 1.23 bits per heavy atom. The highest BCUT2D eigenvalue weighted by atomic mass is 16.5. The fourth-order valence-electron chi connectivity index (χ4n) is 2.71. The van der Waals surface area contributed by atoms with Crippen molar-refractivity contribution in [2.75, 3.05) is 26.7 Å². The summed E-state index contributed by atoms with van der Waals surface area (Å²) in [6.45, 7) is 3.77. The quantitative estimate of drug-likeness (QED) is 0.662. The molecule has 0 amide bonds. The van der Waals surface area contributed by atoms with Crippen LogP contribution in [0.15, 0.2) is 0 Å². The Bertz CT molecular complexity index is 154. The van der Waals surface area contributed by atoms with Crippen LogP contribution in [0.25, 0.3) is 0 Å². The van der Waals surface area contributed by atoms with Gasteiger partial charge in [0.05, 0.1) is 6.10 Å². The normalized spacial score (nSPS) is 31.6. The second kappa shape index (κ2) is 4.43. The Morgan fingerprint density at radius 2 is 2.00 bits per heavy atom. The third-order valence-corrected chi connectivity index (χ3v) is 3.55. The minimum Gasteiger partial charge on any atom is -0.380 e. The number of methoxy groups -OCH3 is 1. The lowest BCUT2D eigenvalue weighted by atomic mass is 10.1. The summed E-state index contributed by atoms with van der Waals surface area (Å²) < 4.78 is 5.36. The highest BCUT2D eigenvalue weighted by molar-refractivity contribution is 4.79. The van der Waals surface area contributed by atoms with Crippen molar-refractivity contribution < 1.29 is 4.74 Å². The summed E-state index contributed by atoms with van der Waals surface area (Å²) in [6.07, 6.45) is 7.62. The fraction of sp³-hybridized carbons (Fsp3) is 1.00. The lowest BCUT2D eigenvalue weighted by Crippen LogP contribution is -2.27.